The third kappa shape index (κ3) is 3.54. The van der Waals surface area contributed by atoms with Crippen molar-refractivity contribution in [2.45, 2.75) is 58.2 Å². The Bertz CT molecular complexity index is 575. The number of carbonyl (C=O) groups excluding carboxylic acids is 1. The minimum Gasteiger partial charge on any atom is -0.459 e. The molecule has 1 saturated heterocycles. The number of carbonyl (C=O) groups is 1. The summed E-state index contributed by atoms with van der Waals surface area (Å²) in [6.45, 7) is 6.33. The molecule has 2 aliphatic rings. The number of hydrogen-bond acceptors (Lipinski definition) is 7. The van der Waals surface area contributed by atoms with Gasteiger partial charge < -0.3 is 19.3 Å². The molecule has 128 valence electrons. The first-order chi connectivity index (χ1) is 10.8. The van der Waals surface area contributed by atoms with Crippen LogP contribution in [0.1, 0.15) is 45.3 Å². The Morgan fingerprint density at radius 3 is 2.78 bits per heavy atom. The molecule has 0 radical (unpaired) electrons. The highest BCUT2D eigenvalue weighted by atomic mass is 16.7. The number of aliphatic hydroxyl groups is 1. The standard InChI is InChI=1S/C15H23N3O5/c1-10(19)21-7-11-6-18(17-16-11)12-4-15(5-13(12)20)8-22-14(2,3)23-9-15/h6,12-13,20H,4-5,7-9H2,1-3H3/t12-,13-/m1/s1. The van der Waals surface area contributed by atoms with E-state index in [0.717, 1.165) is 0 Å². The van der Waals surface area contributed by atoms with Crippen LogP contribution >= 0.6 is 0 Å². The Labute approximate surface area is 134 Å². The first-order valence-corrected chi connectivity index (χ1v) is 7.79. The van der Waals surface area contributed by atoms with E-state index < -0.39 is 11.9 Å². The van der Waals surface area contributed by atoms with E-state index in [-0.39, 0.29) is 24.0 Å². The maximum atomic E-state index is 10.8. The fourth-order valence-electron chi connectivity index (χ4n) is 3.20. The lowest BCUT2D eigenvalue weighted by Crippen LogP contribution is -2.45. The van der Waals surface area contributed by atoms with Crippen LogP contribution in [-0.2, 0) is 25.6 Å². The molecule has 2 atom stereocenters. The fourth-order valence-corrected chi connectivity index (χ4v) is 3.20. The molecular weight excluding hydrogens is 302 g/mol. The lowest BCUT2D eigenvalue weighted by Gasteiger charge is -2.41. The first-order valence-electron chi connectivity index (χ1n) is 7.79. The van der Waals surface area contributed by atoms with E-state index >= 15 is 0 Å². The molecule has 1 aliphatic heterocycles. The SMILES string of the molecule is CC(=O)OCc1cn([C@@H]2CC3(COC(C)(C)OC3)C[C@H]2O)nn1. The zero-order chi connectivity index (χ0) is 16.7. The van der Waals surface area contributed by atoms with E-state index in [1.807, 2.05) is 13.8 Å². The quantitative estimate of drug-likeness (QED) is 0.821. The van der Waals surface area contributed by atoms with Gasteiger partial charge in [0.25, 0.3) is 0 Å². The molecule has 1 spiro atoms. The number of aliphatic hydroxyl groups excluding tert-OH is 1. The molecule has 0 unspecified atom stereocenters. The third-order valence-electron chi connectivity index (χ3n) is 4.50. The smallest absolute Gasteiger partial charge is 0.303 e. The van der Waals surface area contributed by atoms with Crippen molar-refractivity contribution in [2.75, 3.05) is 13.2 Å². The monoisotopic (exact) mass is 325 g/mol. The van der Waals surface area contributed by atoms with Crippen LogP contribution in [0.4, 0.5) is 0 Å². The highest BCUT2D eigenvalue weighted by Crippen LogP contribution is 2.47. The van der Waals surface area contributed by atoms with Crippen LogP contribution < -0.4 is 0 Å². The van der Waals surface area contributed by atoms with Gasteiger partial charge in [0.05, 0.1) is 31.6 Å². The van der Waals surface area contributed by atoms with Gasteiger partial charge in [0.1, 0.15) is 12.3 Å². The second kappa shape index (κ2) is 5.85. The highest BCUT2D eigenvalue weighted by Gasteiger charge is 2.50. The molecule has 1 aliphatic carbocycles. The molecule has 3 rings (SSSR count). The van der Waals surface area contributed by atoms with Crippen LogP contribution in [0, 0.1) is 5.41 Å². The molecule has 1 N–H and O–H groups in total. The van der Waals surface area contributed by atoms with Crippen molar-refractivity contribution in [3.05, 3.63) is 11.9 Å². The summed E-state index contributed by atoms with van der Waals surface area (Å²) in [6, 6.07) is -0.179. The van der Waals surface area contributed by atoms with E-state index in [1.54, 1.807) is 10.9 Å². The second-order valence-corrected chi connectivity index (χ2v) is 6.99. The predicted octanol–water partition coefficient (Wildman–Crippen LogP) is 0.806. The zero-order valence-corrected chi connectivity index (χ0v) is 13.7. The molecule has 2 fully saturated rings. The van der Waals surface area contributed by atoms with Crippen LogP contribution in [0.15, 0.2) is 6.20 Å². The number of aromatic nitrogens is 3. The van der Waals surface area contributed by atoms with E-state index in [2.05, 4.69) is 10.3 Å². The molecule has 1 aromatic rings. The topological polar surface area (TPSA) is 95.7 Å². The zero-order valence-electron chi connectivity index (χ0n) is 13.7. The summed E-state index contributed by atoms with van der Waals surface area (Å²) in [7, 11) is 0. The minimum atomic E-state index is -0.571. The summed E-state index contributed by atoms with van der Waals surface area (Å²) in [4.78, 5) is 10.8. The molecular formula is C15H23N3O5. The van der Waals surface area contributed by atoms with Crippen LogP contribution in [-0.4, -0.2) is 51.2 Å². The molecule has 0 aromatic carbocycles. The van der Waals surface area contributed by atoms with Crippen LogP contribution in [0.3, 0.4) is 0 Å². The van der Waals surface area contributed by atoms with E-state index in [1.165, 1.54) is 6.92 Å². The summed E-state index contributed by atoms with van der Waals surface area (Å²) in [6.07, 6.45) is 2.49. The van der Waals surface area contributed by atoms with Crippen LogP contribution in [0.25, 0.3) is 0 Å². The summed E-state index contributed by atoms with van der Waals surface area (Å²) in [5.74, 6) is -0.933. The average molecular weight is 325 g/mol. The predicted molar refractivity (Wildman–Crippen MR) is 78.2 cm³/mol. The Hall–Kier alpha value is -1.51. The van der Waals surface area contributed by atoms with Gasteiger partial charge >= 0.3 is 5.97 Å². The summed E-state index contributed by atoms with van der Waals surface area (Å²) < 4.78 is 18.1. The van der Waals surface area contributed by atoms with Crippen molar-refractivity contribution in [1.29, 1.82) is 0 Å². The van der Waals surface area contributed by atoms with Crippen molar-refractivity contribution in [3.8, 4) is 0 Å². The largest absolute Gasteiger partial charge is 0.459 e. The van der Waals surface area contributed by atoms with Gasteiger partial charge in [-0.05, 0) is 26.7 Å². The summed E-state index contributed by atoms with van der Waals surface area (Å²) in [5.41, 5.74) is 0.368. The van der Waals surface area contributed by atoms with E-state index in [4.69, 9.17) is 14.2 Å². The highest BCUT2D eigenvalue weighted by molar-refractivity contribution is 5.65. The van der Waals surface area contributed by atoms with Crippen molar-refractivity contribution in [3.63, 3.8) is 0 Å². The minimum absolute atomic E-state index is 0.0870. The third-order valence-corrected chi connectivity index (χ3v) is 4.50. The van der Waals surface area contributed by atoms with Gasteiger partial charge in [-0.25, -0.2) is 4.68 Å². The van der Waals surface area contributed by atoms with E-state index in [9.17, 15) is 9.90 Å². The summed E-state index contributed by atoms with van der Waals surface area (Å²) in [5, 5.41) is 18.5. The van der Waals surface area contributed by atoms with Crippen molar-refractivity contribution >= 4 is 5.97 Å². The Morgan fingerprint density at radius 2 is 2.13 bits per heavy atom. The van der Waals surface area contributed by atoms with Gasteiger partial charge in [-0.15, -0.1) is 5.10 Å². The number of hydrogen-bond donors (Lipinski definition) is 1. The fraction of sp³-hybridized carbons (Fsp3) is 0.800. The van der Waals surface area contributed by atoms with Crippen molar-refractivity contribution in [1.82, 2.24) is 15.0 Å². The van der Waals surface area contributed by atoms with Crippen molar-refractivity contribution < 1.29 is 24.1 Å². The van der Waals surface area contributed by atoms with Gasteiger partial charge in [-0.3, -0.25) is 4.79 Å². The molecule has 23 heavy (non-hydrogen) atoms. The molecule has 1 aromatic heterocycles. The van der Waals surface area contributed by atoms with Crippen LogP contribution in [0.2, 0.25) is 0 Å². The maximum Gasteiger partial charge on any atom is 0.303 e. The Balaban J connectivity index is 1.66. The molecule has 8 nitrogen and oxygen atoms in total. The van der Waals surface area contributed by atoms with Gasteiger partial charge in [-0.2, -0.15) is 0 Å². The first kappa shape index (κ1) is 16.4. The number of rotatable bonds is 3. The molecule has 8 heteroatoms. The normalized spacial score (nSPS) is 28.9. The number of nitrogens with zero attached hydrogens (tertiary/aromatic N) is 3. The maximum absolute atomic E-state index is 10.8. The van der Waals surface area contributed by atoms with Gasteiger partial charge in [0.15, 0.2) is 5.79 Å². The van der Waals surface area contributed by atoms with Crippen LogP contribution in [0.5, 0.6) is 0 Å². The molecule has 1 saturated carbocycles. The lowest BCUT2D eigenvalue weighted by molar-refractivity contribution is -0.285. The Kier molecular flexibility index (Phi) is 4.16. The molecule has 0 amide bonds. The van der Waals surface area contributed by atoms with Gasteiger partial charge in [0.2, 0.25) is 0 Å². The van der Waals surface area contributed by atoms with Gasteiger partial charge in [0, 0.05) is 12.3 Å². The second-order valence-electron chi connectivity index (χ2n) is 6.99. The molecule has 2 heterocycles. The van der Waals surface area contributed by atoms with Crippen molar-refractivity contribution in [2.24, 2.45) is 5.41 Å². The average Bonchev–Trinajstić information content (AvgIpc) is 3.06. The van der Waals surface area contributed by atoms with Gasteiger partial charge in [-0.1, -0.05) is 5.21 Å². The lowest BCUT2D eigenvalue weighted by atomic mass is 9.87. The van der Waals surface area contributed by atoms with E-state index in [0.29, 0.717) is 31.7 Å². The number of esters is 1. The molecule has 0 bridgehead atoms. The Morgan fingerprint density at radius 1 is 1.43 bits per heavy atom. The number of ether oxygens (including phenoxy) is 3. The summed E-state index contributed by atoms with van der Waals surface area (Å²) >= 11 is 0.